The number of rotatable bonds is 1. The van der Waals surface area contributed by atoms with Crippen LogP contribution in [0.4, 0.5) is 0 Å². The van der Waals surface area contributed by atoms with E-state index < -0.39 is 14.4 Å². The molecule has 0 fully saturated rings. The first-order valence-corrected chi connectivity index (χ1v) is 5.34. The zero-order chi connectivity index (χ0) is 11.1. The molecule has 0 radical (unpaired) electrons. The first-order chi connectivity index (χ1) is 5.75. The van der Waals surface area contributed by atoms with Gasteiger partial charge in [-0.2, -0.15) is 0 Å². The summed E-state index contributed by atoms with van der Waals surface area (Å²) in [6.07, 6.45) is -0.258. The van der Waals surface area contributed by atoms with E-state index in [0.29, 0.717) is 0 Å². The van der Waals surface area contributed by atoms with Crippen LogP contribution in [0.25, 0.3) is 0 Å². The molecule has 7 heteroatoms. The summed E-state index contributed by atoms with van der Waals surface area (Å²) >= 11 is 4.33. The van der Waals surface area contributed by atoms with Gasteiger partial charge >= 0.3 is 0 Å². The van der Waals surface area contributed by atoms with E-state index in [1.807, 2.05) is 0 Å². The molecule has 0 bridgehead atoms. The average Bonchev–Trinajstić information content (AvgIpc) is 1.85. The maximum Gasteiger partial charge on any atom is 0.294 e. The zero-order valence-corrected chi connectivity index (χ0v) is 9.74. The minimum Gasteiger partial charge on any atom is -0.472 e. The smallest absolute Gasteiger partial charge is 0.294 e. The van der Waals surface area contributed by atoms with E-state index in [0.717, 1.165) is 0 Å². The molecule has 0 aromatic heterocycles. The Morgan fingerprint density at radius 1 is 1.38 bits per heavy atom. The molecule has 2 N–H and O–H groups in total. The minimum atomic E-state index is -3.79. The molecule has 0 rings (SSSR count). The third-order valence-corrected chi connectivity index (χ3v) is 1.92. The zero-order valence-electron chi connectivity index (χ0n) is 8.10. The molecule has 80 valence electrons. The largest absolute Gasteiger partial charge is 0.472 e. The van der Waals surface area contributed by atoms with Gasteiger partial charge in [0.1, 0.15) is 0 Å². The van der Waals surface area contributed by atoms with Crippen molar-refractivity contribution in [3.8, 4) is 0 Å². The van der Waals surface area contributed by atoms with Crippen molar-refractivity contribution in [2.45, 2.75) is 20.0 Å². The van der Waals surface area contributed by atoms with Crippen LogP contribution in [0.2, 0.25) is 0 Å². The van der Waals surface area contributed by atoms with Crippen molar-refractivity contribution in [1.29, 1.82) is 0 Å². The summed E-state index contributed by atoms with van der Waals surface area (Å²) in [4.78, 5) is 0. The van der Waals surface area contributed by atoms with Gasteiger partial charge in [-0.1, -0.05) is 0 Å². The predicted molar refractivity (Wildman–Crippen MR) is 54.9 cm³/mol. The molecule has 0 aromatic rings. The second kappa shape index (κ2) is 7.19. The molecule has 0 atom stereocenters. The second-order valence-corrected chi connectivity index (χ2v) is 4.46. The number of sulfonamides is 1. The lowest BCUT2D eigenvalue weighted by molar-refractivity contribution is 0.241. The molecular weight excluding hydrogens is 214 g/mol. The number of ether oxygens (including phenoxy) is 2. The summed E-state index contributed by atoms with van der Waals surface area (Å²) < 4.78 is 29.1. The van der Waals surface area contributed by atoms with Gasteiger partial charge in [0, 0.05) is 14.2 Å². The summed E-state index contributed by atoms with van der Waals surface area (Å²) in [5.41, 5.74) is 0. The van der Waals surface area contributed by atoms with Crippen LogP contribution >= 0.6 is 12.2 Å². The summed E-state index contributed by atoms with van der Waals surface area (Å²) in [6.45, 7) is 3.33. The van der Waals surface area contributed by atoms with E-state index in [2.05, 4.69) is 26.8 Å². The van der Waals surface area contributed by atoms with Crippen molar-refractivity contribution >= 4 is 26.6 Å². The van der Waals surface area contributed by atoms with Gasteiger partial charge in [-0.25, -0.2) is 13.6 Å². The molecule has 0 aliphatic rings. The van der Waals surface area contributed by atoms with Crippen molar-refractivity contribution in [3.05, 3.63) is 0 Å². The molecular formula is C6H15NO4S2. The van der Waals surface area contributed by atoms with Crippen LogP contribution in [-0.2, 0) is 19.5 Å². The number of thiocarbonyl (C=S) groups is 1. The van der Waals surface area contributed by atoms with E-state index in [4.69, 9.17) is 0 Å². The van der Waals surface area contributed by atoms with Crippen molar-refractivity contribution in [3.63, 3.8) is 0 Å². The second-order valence-electron chi connectivity index (χ2n) is 2.37. The van der Waals surface area contributed by atoms with Crippen molar-refractivity contribution < 1.29 is 17.9 Å². The molecule has 0 saturated carbocycles. The Hall–Kier alpha value is -0.240. The van der Waals surface area contributed by atoms with Crippen LogP contribution in [-0.4, -0.2) is 33.1 Å². The Morgan fingerprint density at radius 2 is 1.69 bits per heavy atom. The third-order valence-electron chi connectivity index (χ3n) is 0.564. The monoisotopic (exact) mass is 229 g/mol. The maximum atomic E-state index is 10.4. The molecule has 0 unspecified atom stereocenters. The van der Waals surface area contributed by atoms with Gasteiger partial charge in [0.05, 0.1) is 6.10 Å². The number of primary sulfonamides is 1. The van der Waals surface area contributed by atoms with E-state index in [1.54, 1.807) is 28.1 Å². The highest BCUT2D eigenvalue weighted by Gasteiger charge is 2.13. The fourth-order valence-corrected chi connectivity index (χ4v) is 0.779. The van der Waals surface area contributed by atoms with Crippen LogP contribution in [0, 0.1) is 0 Å². The predicted octanol–water partition coefficient (Wildman–Crippen LogP) is 0.247. The van der Waals surface area contributed by atoms with Crippen LogP contribution < -0.4 is 5.14 Å². The average molecular weight is 229 g/mol. The van der Waals surface area contributed by atoms with E-state index in [1.165, 1.54) is 0 Å². The fraction of sp³-hybridized carbons (Fsp3) is 0.833. The van der Waals surface area contributed by atoms with Gasteiger partial charge in [0.2, 0.25) is 0 Å². The Balaban J connectivity index is 0. The Bertz CT molecular complexity index is 235. The Morgan fingerprint density at radius 3 is 1.77 bits per heavy atom. The van der Waals surface area contributed by atoms with Gasteiger partial charge in [0.15, 0.2) is 0 Å². The van der Waals surface area contributed by atoms with Gasteiger partial charge < -0.3 is 9.47 Å². The van der Waals surface area contributed by atoms with Crippen LogP contribution in [0.3, 0.4) is 0 Å². The highest BCUT2D eigenvalue weighted by molar-refractivity contribution is 8.15. The van der Waals surface area contributed by atoms with E-state index in [9.17, 15) is 8.42 Å². The lowest BCUT2D eigenvalue weighted by atomic mass is 10.5. The molecule has 13 heavy (non-hydrogen) atoms. The van der Waals surface area contributed by atoms with E-state index in [-0.39, 0.29) is 6.10 Å². The summed E-state index contributed by atoms with van der Waals surface area (Å²) in [5, 5.41) is 4.63. The number of hydrogen-bond donors (Lipinski definition) is 1. The lowest BCUT2D eigenvalue weighted by Gasteiger charge is -2.07. The molecule has 5 nitrogen and oxygen atoms in total. The number of nitrogens with two attached hydrogens (primary N) is 1. The van der Waals surface area contributed by atoms with E-state index >= 15 is 0 Å². The number of hydrogen-bond acceptors (Lipinski definition) is 5. The molecule has 0 aromatic carbocycles. The van der Waals surface area contributed by atoms with Crippen LogP contribution in [0.15, 0.2) is 0 Å². The Labute approximate surface area is 84.3 Å². The molecule has 0 heterocycles. The fourth-order valence-electron chi connectivity index (χ4n) is 0.260. The highest BCUT2D eigenvalue weighted by atomic mass is 32.2. The standard InChI is InChI=1S/C4H9NO3S2.C2H6O/c1-3(2)8-4(9)10(5,6)7;1-3-2/h3H,1-2H3,(H2,5,6,7);1-2H3. The Kier molecular flexibility index (Phi) is 8.43. The SMILES string of the molecule is CC(C)OC(=S)S(N)(=O)=O.COC. The van der Waals surface area contributed by atoms with Crippen LogP contribution in [0.1, 0.15) is 13.8 Å². The van der Waals surface area contributed by atoms with Gasteiger partial charge in [-0.05, 0) is 26.1 Å². The molecule has 0 spiro atoms. The molecule has 0 aliphatic carbocycles. The quantitative estimate of drug-likeness (QED) is 0.652. The van der Waals surface area contributed by atoms with Gasteiger partial charge in [-0.15, -0.1) is 0 Å². The molecule has 0 amide bonds. The van der Waals surface area contributed by atoms with Crippen LogP contribution in [0.5, 0.6) is 0 Å². The van der Waals surface area contributed by atoms with Crippen molar-refractivity contribution in [2.75, 3.05) is 14.2 Å². The summed E-state index contributed by atoms with van der Waals surface area (Å²) in [7, 11) is -0.539. The number of methoxy groups -OCH3 is 1. The van der Waals surface area contributed by atoms with Gasteiger partial charge in [0.25, 0.3) is 14.4 Å². The maximum absolute atomic E-state index is 10.4. The molecule has 0 aliphatic heterocycles. The molecule has 0 saturated heterocycles. The summed E-state index contributed by atoms with van der Waals surface area (Å²) in [6, 6.07) is 0. The first-order valence-electron chi connectivity index (χ1n) is 3.39. The summed E-state index contributed by atoms with van der Waals surface area (Å²) in [5.74, 6) is 0. The van der Waals surface area contributed by atoms with Crippen molar-refractivity contribution in [2.24, 2.45) is 5.14 Å². The van der Waals surface area contributed by atoms with Gasteiger partial charge in [-0.3, -0.25) is 0 Å². The lowest BCUT2D eigenvalue weighted by Crippen LogP contribution is -2.26. The van der Waals surface area contributed by atoms with Crippen molar-refractivity contribution in [1.82, 2.24) is 0 Å². The first kappa shape index (κ1) is 15.2. The topological polar surface area (TPSA) is 78.6 Å². The highest BCUT2D eigenvalue weighted by Crippen LogP contribution is 1.94. The minimum absolute atomic E-state index is 0.258. The third kappa shape index (κ3) is 11.8. The normalized spacial score (nSPS) is 10.3.